The fraction of sp³-hybridized carbons (Fsp3) is 0.286. The Hall–Kier alpha value is -2.30. The highest BCUT2D eigenvalue weighted by atomic mass is 16.2. The van der Waals surface area contributed by atoms with E-state index < -0.39 is 0 Å². The maximum Gasteiger partial charge on any atom is 0.246 e. The van der Waals surface area contributed by atoms with E-state index in [9.17, 15) is 9.59 Å². The summed E-state index contributed by atoms with van der Waals surface area (Å²) >= 11 is 0. The number of nitrogens with zero attached hydrogens (tertiary/aromatic N) is 1. The molecule has 0 aliphatic carbocycles. The second-order valence-corrected chi connectivity index (χ2v) is 4.43. The lowest BCUT2D eigenvalue weighted by Crippen LogP contribution is -2.32. The zero-order valence-corrected chi connectivity index (χ0v) is 10.6. The van der Waals surface area contributed by atoms with Gasteiger partial charge in [0.05, 0.1) is 0 Å². The van der Waals surface area contributed by atoms with Crippen LogP contribution in [0.1, 0.15) is 12.0 Å². The maximum atomic E-state index is 12.0. The minimum Gasteiger partial charge on any atom is -0.399 e. The van der Waals surface area contributed by atoms with Gasteiger partial charge in [-0.25, -0.2) is 0 Å². The maximum absolute atomic E-state index is 12.0. The van der Waals surface area contributed by atoms with Crippen molar-refractivity contribution in [3.8, 4) is 0 Å². The molecule has 5 heteroatoms. The summed E-state index contributed by atoms with van der Waals surface area (Å²) in [5.74, 6) is -0.0889. The second kappa shape index (κ2) is 6.04. The molecule has 1 heterocycles. The van der Waals surface area contributed by atoms with Crippen LogP contribution in [0.4, 0.5) is 5.69 Å². The van der Waals surface area contributed by atoms with Gasteiger partial charge in [0.15, 0.2) is 0 Å². The van der Waals surface area contributed by atoms with Gasteiger partial charge in [0.25, 0.3) is 0 Å². The highest BCUT2D eigenvalue weighted by Gasteiger charge is 2.16. The van der Waals surface area contributed by atoms with Gasteiger partial charge in [-0.1, -0.05) is 12.1 Å². The number of hydrogen-bond acceptors (Lipinski definition) is 3. The highest BCUT2D eigenvalue weighted by molar-refractivity contribution is 5.92. The summed E-state index contributed by atoms with van der Waals surface area (Å²) in [4.78, 5) is 24.8. The van der Waals surface area contributed by atoms with Crippen molar-refractivity contribution < 1.29 is 9.59 Å². The zero-order chi connectivity index (χ0) is 13.7. The highest BCUT2D eigenvalue weighted by Crippen LogP contribution is 2.08. The van der Waals surface area contributed by atoms with Crippen LogP contribution >= 0.6 is 0 Å². The summed E-state index contributed by atoms with van der Waals surface area (Å²) in [7, 11) is 0. The van der Waals surface area contributed by atoms with E-state index in [2.05, 4.69) is 5.32 Å². The van der Waals surface area contributed by atoms with E-state index in [1.54, 1.807) is 23.1 Å². The molecule has 0 atom stereocenters. The van der Waals surface area contributed by atoms with Crippen LogP contribution in [-0.2, 0) is 9.59 Å². The molecule has 0 aromatic heterocycles. The van der Waals surface area contributed by atoms with Gasteiger partial charge in [0.1, 0.15) is 0 Å². The predicted molar refractivity (Wildman–Crippen MR) is 74.1 cm³/mol. The molecule has 0 radical (unpaired) electrons. The van der Waals surface area contributed by atoms with E-state index in [0.29, 0.717) is 31.7 Å². The quantitative estimate of drug-likeness (QED) is 0.604. The van der Waals surface area contributed by atoms with Crippen LogP contribution < -0.4 is 11.1 Å². The Morgan fingerprint density at radius 3 is 3.00 bits per heavy atom. The summed E-state index contributed by atoms with van der Waals surface area (Å²) < 4.78 is 0. The van der Waals surface area contributed by atoms with E-state index in [-0.39, 0.29) is 11.8 Å². The van der Waals surface area contributed by atoms with Gasteiger partial charge in [-0.05, 0) is 23.8 Å². The molecule has 1 saturated heterocycles. The summed E-state index contributed by atoms with van der Waals surface area (Å²) in [5, 5.41) is 2.74. The molecule has 1 aliphatic rings. The van der Waals surface area contributed by atoms with Crippen molar-refractivity contribution in [3.63, 3.8) is 0 Å². The van der Waals surface area contributed by atoms with Crippen molar-refractivity contribution in [3.05, 3.63) is 35.9 Å². The topological polar surface area (TPSA) is 75.4 Å². The Balaban J connectivity index is 1.98. The van der Waals surface area contributed by atoms with Crippen molar-refractivity contribution in [2.24, 2.45) is 0 Å². The Bertz CT molecular complexity index is 511. The number of benzene rings is 1. The van der Waals surface area contributed by atoms with E-state index in [1.807, 2.05) is 12.1 Å². The van der Waals surface area contributed by atoms with Gasteiger partial charge in [0.2, 0.25) is 11.8 Å². The number of amides is 2. The van der Waals surface area contributed by atoms with E-state index >= 15 is 0 Å². The number of anilines is 1. The van der Waals surface area contributed by atoms with Gasteiger partial charge >= 0.3 is 0 Å². The molecular weight excluding hydrogens is 242 g/mol. The molecule has 2 amide bonds. The molecule has 3 N–H and O–H groups in total. The molecule has 19 heavy (non-hydrogen) atoms. The fourth-order valence-electron chi connectivity index (χ4n) is 1.92. The smallest absolute Gasteiger partial charge is 0.246 e. The van der Waals surface area contributed by atoms with Gasteiger partial charge in [0, 0.05) is 37.8 Å². The first-order chi connectivity index (χ1) is 9.15. The number of nitrogen functional groups attached to an aromatic ring is 1. The van der Waals surface area contributed by atoms with Crippen LogP contribution in [0.5, 0.6) is 0 Å². The molecule has 1 aromatic rings. The first kappa shape index (κ1) is 13.1. The molecule has 2 rings (SSSR count). The first-order valence-electron chi connectivity index (χ1n) is 6.24. The van der Waals surface area contributed by atoms with E-state index in [1.165, 1.54) is 6.08 Å². The molecule has 0 unspecified atom stereocenters. The van der Waals surface area contributed by atoms with Crippen LogP contribution in [0.25, 0.3) is 6.08 Å². The number of rotatable bonds is 2. The van der Waals surface area contributed by atoms with Crippen LogP contribution in [0, 0.1) is 0 Å². The lowest BCUT2D eigenvalue weighted by molar-refractivity contribution is -0.125. The van der Waals surface area contributed by atoms with Crippen molar-refractivity contribution >= 4 is 23.6 Å². The summed E-state index contributed by atoms with van der Waals surface area (Å²) in [6.45, 7) is 1.52. The Morgan fingerprint density at radius 1 is 1.37 bits per heavy atom. The molecule has 100 valence electrons. The molecule has 1 aliphatic heterocycles. The third-order valence-electron chi connectivity index (χ3n) is 2.95. The molecule has 0 bridgehead atoms. The van der Waals surface area contributed by atoms with Gasteiger partial charge in [-0.2, -0.15) is 0 Å². The normalized spacial score (nSPS) is 16.2. The number of hydrogen-bond donors (Lipinski definition) is 2. The number of nitrogens with one attached hydrogen (secondary N) is 1. The summed E-state index contributed by atoms with van der Waals surface area (Å²) in [6.07, 6.45) is 3.61. The van der Waals surface area contributed by atoms with Crippen LogP contribution in [0.15, 0.2) is 30.3 Å². The van der Waals surface area contributed by atoms with E-state index in [4.69, 9.17) is 5.73 Å². The minimum atomic E-state index is -0.0843. The largest absolute Gasteiger partial charge is 0.399 e. The third kappa shape index (κ3) is 3.84. The van der Waals surface area contributed by atoms with Gasteiger partial charge in [-0.3, -0.25) is 9.59 Å². The zero-order valence-electron chi connectivity index (χ0n) is 10.6. The van der Waals surface area contributed by atoms with Gasteiger partial charge in [-0.15, -0.1) is 0 Å². The molecule has 0 saturated carbocycles. The lowest BCUT2D eigenvalue weighted by atomic mass is 10.2. The number of nitrogens with two attached hydrogens (primary N) is 1. The van der Waals surface area contributed by atoms with Crippen LogP contribution in [0.2, 0.25) is 0 Å². The summed E-state index contributed by atoms with van der Waals surface area (Å²) in [6, 6.07) is 7.32. The van der Waals surface area contributed by atoms with Crippen LogP contribution in [0.3, 0.4) is 0 Å². The van der Waals surface area contributed by atoms with Crippen molar-refractivity contribution in [2.75, 3.05) is 25.4 Å². The molecule has 1 aromatic carbocycles. The molecular formula is C14H17N3O2. The number of carbonyl (C=O) groups is 2. The predicted octanol–water partition coefficient (Wildman–Crippen LogP) is 0.630. The number of carbonyl (C=O) groups excluding carboxylic acids is 2. The minimum absolute atomic E-state index is 0.00453. The molecule has 0 spiro atoms. The Labute approximate surface area is 112 Å². The van der Waals surface area contributed by atoms with Crippen molar-refractivity contribution in [1.82, 2.24) is 10.2 Å². The fourth-order valence-corrected chi connectivity index (χ4v) is 1.92. The average molecular weight is 259 g/mol. The molecule has 5 nitrogen and oxygen atoms in total. The monoisotopic (exact) mass is 259 g/mol. The standard InChI is InChI=1S/C14H17N3O2/c15-12-3-1-2-11(10-12)4-5-14(19)17-8-6-13(18)16-7-9-17/h1-5,10H,6-9,15H2,(H,16,18)/b5-4+. The molecule has 1 fully saturated rings. The van der Waals surface area contributed by atoms with Crippen molar-refractivity contribution in [1.29, 1.82) is 0 Å². The van der Waals surface area contributed by atoms with Crippen LogP contribution in [-0.4, -0.2) is 36.3 Å². The summed E-state index contributed by atoms with van der Waals surface area (Å²) in [5.41, 5.74) is 7.22. The van der Waals surface area contributed by atoms with Gasteiger partial charge < -0.3 is 16.0 Å². The first-order valence-corrected chi connectivity index (χ1v) is 6.24. The second-order valence-electron chi connectivity index (χ2n) is 4.43. The van der Waals surface area contributed by atoms with Crippen molar-refractivity contribution in [2.45, 2.75) is 6.42 Å². The average Bonchev–Trinajstić information content (AvgIpc) is 2.61. The lowest BCUT2D eigenvalue weighted by Gasteiger charge is -2.17. The Kier molecular flexibility index (Phi) is 4.18. The third-order valence-corrected chi connectivity index (χ3v) is 2.95. The Morgan fingerprint density at radius 2 is 2.21 bits per heavy atom. The SMILES string of the molecule is Nc1cccc(/C=C/C(=O)N2CCNC(=O)CC2)c1. The van der Waals surface area contributed by atoms with E-state index in [0.717, 1.165) is 5.56 Å².